The summed E-state index contributed by atoms with van der Waals surface area (Å²) in [5.74, 6) is -7.78. The molecule has 0 bridgehead atoms. The lowest BCUT2D eigenvalue weighted by molar-refractivity contribution is -0.144. The number of anilines is 1. The zero-order valence-electron chi connectivity index (χ0n) is 38.5. The largest absolute Gasteiger partial charge is 0.527 e. The molecule has 12 atom stereocenters. The number of aliphatic hydroxyl groups is 5. The van der Waals surface area contributed by atoms with Crippen molar-refractivity contribution in [3.05, 3.63) is 57.8 Å². The van der Waals surface area contributed by atoms with Gasteiger partial charge in [-0.15, -0.1) is 0 Å². The summed E-state index contributed by atoms with van der Waals surface area (Å²) in [7, 11) is -10.5. The molecule has 1 fully saturated rings. The van der Waals surface area contributed by atoms with Gasteiger partial charge in [0.1, 0.15) is 72.4 Å². The molecule has 3 aliphatic heterocycles. The molecule has 15 N–H and O–H groups in total. The molecule has 34 nitrogen and oxygen atoms in total. The monoisotopic (exact) mass is 1100 g/mol. The Bertz CT molecular complexity index is 3140. The van der Waals surface area contributed by atoms with Gasteiger partial charge in [-0.2, -0.15) is 4.98 Å². The maximum Gasteiger partial charge on any atom is 0.527 e. The smallest absolute Gasteiger partial charge is 0.481 e. The fourth-order valence-electron chi connectivity index (χ4n) is 7.37. The van der Waals surface area contributed by atoms with Crippen molar-refractivity contribution in [2.24, 2.45) is 0 Å². The summed E-state index contributed by atoms with van der Waals surface area (Å²) < 4.78 is 53.8. The number of nitrogen functional groups attached to an aromatic ring is 1. The molecular weight excluding hydrogens is 1050 g/mol. The van der Waals surface area contributed by atoms with Crippen LogP contribution in [0.15, 0.2) is 46.5 Å². The number of aliphatic carboxylic acids is 3. The van der Waals surface area contributed by atoms with Gasteiger partial charge in [0.05, 0.1) is 37.2 Å². The summed E-state index contributed by atoms with van der Waals surface area (Å²) in [4.78, 5) is 123. The summed E-state index contributed by atoms with van der Waals surface area (Å²) in [6.07, 6.45) is -14.8. The molecule has 5 heterocycles. The van der Waals surface area contributed by atoms with E-state index < -0.39 is 175 Å². The molecule has 408 valence electrons. The highest BCUT2D eigenvalue weighted by Crippen LogP contribution is 2.46. The van der Waals surface area contributed by atoms with Crippen LogP contribution in [0.5, 0.6) is 5.75 Å². The van der Waals surface area contributed by atoms with Gasteiger partial charge in [-0.1, -0.05) is 0 Å². The second-order valence-corrected chi connectivity index (χ2v) is 19.3. The van der Waals surface area contributed by atoms with Crippen LogP contribution in [0.1, 0.15) is 38.8 Å². The molecule has 6 rings (SSSR count). The topological polar surface area (TPSA) is 529 Å². The first kappa shape index (κ1) is 57.4. The Morgan fingerprint density at radius 2 is 1.57 bits per heavy atom. The van der Waals surface area contributed by atoms with Crippen LogP contribution in [0, 0.1) is 0 Å². The standard InChI is InChI=1S/C39H48N10O24P2/c1-15(34(58)45-20(38(62)63)4-6-25(52)44-19(37(60)61)5-7-26(53)54)72-74(65,66)69-11-23(51)28(55)22(50)10-48-21-9-17(3-2-16(21)8-18-32(48)46-39(64)47-35(18)59)73-75(67,68)70-12-24-29(56)30(57)36(71-24)49-14-43-27-31(40)41-13-42-33(27)49/h2-3,8-9,13-15,19-20,22-24,28-30,36,50-51,55-57H,4-7,10-12H2,1H3,(H,44,52)(H,45,58)(H,53,54)(H,60,61)(H,62,63)(H,65,66)(H,67,68)(H2,40,41,42)(H,47,59,64)/t15-,19-,20-,22-,23+,24+,28-,29+,30+,36+/m0/s1. The number of amides is 2. The summed E-state index contributed by atoms with van der Waals surface area (Å²) in [5.41, 5.74) is 3.66. The highest BCUT2D eigenvalue weighted by Gasteiger charge is 2.46. The minimum absolute atomic E-state index is 0.0201. The number of aromatic amines is 1. The molecule has 0 radical (unpaired) electrons. The number of rotatable bonds is 26. The third kappa shape index (κ3) is 14.3. The molecule has 2 unspecified atom stereocenters. The van der Waals surface area contributed by atoms with Gasteiger partial charge < -0.3 is 75.9 Å². The first-order valence-corrected chi connectivity index (χ1v) is 24.8. The SMILES string of the molecule is C[C@H](OP(=O)(O)OC[C@@H](O)[C@@H](O)[C@@H](O)Cn1c2nc(=O)[nH]c(=O)c-2cc2ccc(OP(=O)(O)OC[C@H]3O[C@@H](n4cnc5c(N)ncnc54)[C@H](O)[C@@H]3O)cc21)C(=O)N[C@@H](CCC(=O)N[C@@H](CCC(=O)O)C(=O)O)C(=O)O. The number of benzene rings is 1. The van der Waals surface area contributed by atoms with E-state index in [9.17, 15) is 88.2 Å². The maximum atomic E-state index is 13.2. The van der Waals surface area contributed by atoms with Crippen molar-refractivity contribution in [2.75, 3.05) is 18.9 Å². The van der Waals surface area contributed by atoms with Crippen LogP contribution in [-0.4, -0.2) is 182 Å². The van der Waals surface area contributed by atoms with E-state index >= 15 is 0 Å². The average Bonchev–Trinajstić information content (AvgIpc) is 3.89. The number of carbonyl (C=O) groups excluding carboxylic acids is 2. The Kier molecular flexibility index (Phi) is 18.2. The minimum Gasteiger partial charge on any atom is -0.481 e. The number of H-pyrrole nitrogens is 1. The molecule has 0 spiro atoms. The van der Waals surface area contributed by atoms with E-state index in [1.807, 2.05) is 15.6 Å². The quantitative estimate of drug-likeness (QED) is 0.0186. The Hall–Kier alpha value is -6.91. The third-order valence-corrected chi connectivity index (χ3v) is 13.1. The maximum absolute atomic E-state index is 13.2. The van der Waals surface area contributed by atoms with Gasteiger partial charge in [-0.3, -0.25) is 47.2 Å². The van der Waals surface area contributed by atoms with Crippen LogP contribution < -0.4 is 32.1 Å². The van der Waals surface area contributed by atoms with E-state index in [2.05, 4.69) is 19.9 Å². The number of aliphatic hydroxyl groups excluding tert-OH is 5. The molecule has 75 heavy (non-hydrogen) atoms. The van der Waals surface area contributed by atoms with Crippen molar-refractivity contribution in [1.82, 2.24) is 44.7 Å². The predicted octanol–water partition coefficient (Wildman–Crippen LogP) is -3.88. The molecule has 0 saturated carbocycles. The number of phosphoric acid groups is 2. The number of fused-ring (bicyclic) bond motifs is 3. The number of aromatic nitrogens is 7. The molecule has 0 aliphatic carbocycles. The Morgan fingerprint density at radius 1 is 0.893 bits per heavy atom. The molecule has 1 aromatic carbocycles. The number of carboxylic acid groups (broad SMARTS) is 3. The van der Waals surface area contributed by atoms with Crippen LogP contribution in [0.3, 0.4) is 0 Å². The lowest BCUT2D eigenvalue weighted by Crippen LogP contribution is -2.46. The zero-order valence-corrected chi connectivity index (χ0v) is 40.3. The summed E-state index contributed by atoms with van der Waals surface area (Å²) in [6, 6.07) is 1.27. The predicted molar refractivity (Wildman–Crippen MR) is 245 cm³/mol. The number of imidazole rings is 1. The molecular formula is C39H48N10O24P2. The fraction of sp³-hybridized carbons (Fsp3) is 0.462. The zero-order chi connectivity index (χ0) is 55.3. The normalized spacial score (nSPS) is 20.8. The van der Waals surface area contributed by atoms with Crippen LogP contribution in [0.4, 0.5) is 5.82 Å². The lowest BCUT2D eigenvalue weighted by Gasteiger charge is -2.26. The van der Waals surface area contributed by atoms with Gasteiger partial charge in [-0.25, -0.2) is 38.5 Å². The number of pyridine rings is 1. The van der Waals surface area contributed by atoms with E-state index in [1.54, 1.807) is 0 Å². The Morgan fingerprint density at radius 3 is 2.25 bits per heavy atom. The van der Waals surface area contributed by atoms with Crippen molar-refractivity contribution in [3.8, 4) is 17.1 Å². The highest BCUT2D eigenvalue weighted by molar-refractivity contribution is 7.48. The number of nitrogens with zero attached hydrogens (tertiary/aromatic N) is 6. The molecule has 3 aromatic rings. The van der Waals surface area contributed by atoms with Crippen LogP contribution in [-0.2, 0) is 58.0 Å². The van der Waals surface area contributed by atoms with Crippen LogP contribution in [0.25, 0.3) is 33.5 Å². The fourth-order valence-corrected chi connectivity index (χ4v) is 9.03. The summed E-state index contributed by atoms with van der Waals surface area (Å²) in [5, 5.41) is 86.0. The van der Waals surface area contributed by atoms with Gasteiger partial charge in [0, 0.05) is 18.9 Å². The van der Waals surface area contributed by atoms with Gasteiger partial charge in [0.2, 0.25) is 11.8 Å². The minimum atomic E-state index is -5.39. The molecule has 2 aromatic heterocycles. The second kappa shape index (κ2) is 23.7. The second-order valence-electron chi connectivity index (χ2n) is 16.5. The number of hydrogen-bond donors (Lipinski definition) is 14. The van der Waals surface area contributed by atoms with Crippen molar-refractivity contribution in [2.45, 2.75) is 100 Å². The molecule has 36 heteroatoms. The van der Waals surface area contributed by atoms with Gasteiger partial charge in [-0.05, 0) is 43.4 Å². The van der Waals surface area contributed by atoms with E-state index in [-0.39, 0.29) is 33.4 Å². The average molecular weight is 1100 g/mol. The first-order valence-electron chi connectivity index (χ1n) is 21.8. The Balaban J connectivity index is 1.08. The van der Waals surface area contributed by atoms with Gasteiger partial charge in [0.25, 0.3) is 5.56 Å². The number of hydrogen-bond acceptors (Lipinski definition) is 24. The number of carbonyl (C=O) groups is 5. The first-order chi connectivity index (χ1) is 35.1. The Labute approximate surface area is 417 Å². The van der Waals surface area contributed by atoms with Gasteiger partial charge in [0.15, 0.2) is 23.5 Å². The van der Waals surface area contributed by atoms with Crippen LogP contribution in [0.2, 0.25) is 0 Å². The molecule has 3 aliphatic rings. The molecule has 1 saturated heterocycles. The van der Waals surface area contributed by atoms with E-state index in [0.717, 1.165) is 30.0 Å². The number of carboxylic acids is 3. The van der Waals surface area contributed by atoms with Crippen molar-refractivity contribution >= 4 is 73.3 Å². The number of ether oxygens (including phenoxy) is 1. The third-order valence-electron chi connectivity index (χ3n) is 11.2. The summed E-state index contributed by atoms with van der Waals surface area (Å²) >= 11 is 0. The van der Waals surface area contributed by atoms with Crippen LogP contribution >= 0.6 is 15.6 Å². The van der Waals surface area contributed by atoms with Crippen molar-refractivity contribution in [3.63, 3.8) is 0 Å². The lowest BCUT2D eigenvalue weighted by atomic mass is 10.1. The van der Waals surface area contributed by atoms with E-state index in [1.165, 1.54) is 23.0 Å². The summed E-state index contributed by atoms with van der Waals surface area (Å²) in [6.45, 7) is -2.10. The number of nitrogens with two attached hydrogens (primary N) is 1. The number of nitrogens with one attached hydrogen (secondary N) is 3. The number of phosphoric ester groups is 2. The van der Waals surface area contributed by atoms with Gasteiger partial charge >= 0.3 is 39.2 Å². The van der Waals surface area contributed by atoms with E-state index in [0.29, 0.717) is 0 Å². The molecule has 2 amide bonds. The highest BCUT2D eigenvalue weighted by atomic mass is 31.2. The van der Waals surface area contributed by atoms with Crippen molar-refractivity contribution in [1.29, 1.82) is 0 Å². The van der Waals surface area contributed by atoms with Crippen molar-refractivity contribution < 1.29 is 107 Å². The van der Waals surface area contributed by atoms with E-state index in [4.69, 9.17) is 33.7 Å².